The Balaban J connectivity index is 2.03. The lowest BCUT2D eigenvalue weighted by Crippen LogP contribution is -2.32. The van der Waals surface area contributed by atoms with Crippen LogP contribution >= 0.6 is 0 Å². The minimum absolute atomic E-state index is 0.00486. The Morgan fingerprint density at radius 1 is 0.977 bits per heavy atom. The Labute approximate surface area is 258 Å². The van der Waals surface area contributed by atoms with Crippen molar-refractivity contribution in [3.05, 3.63) is 83.1 Å². The van der Waals surface area contributed by atoms with Gasteiger partial charge >= 0.3 is 0 Å². The van der Waals surface area contributed by atoms with Crippen LogP contribution in [0.1, 0.15) is 102 Å². The number of hydrogen-bond donors (Lipinski definition) is 3. The fourth-order valence-corrected chi connectivity index (χ4v) is 4.69. The van der Waals surface area contributed by atoms with Crippen LogP contribution in [0, 0.1) is 12.3 Å². The number of hydrogen-bond acceptors (Lipinski definition) is 5. The second-order valence-corrected chi connectivity index (χ2v) is 13.3. The molecule has 0 aliphatic heterocycles. The maximum atomic E-state index is 12.7. The first kappa shape index (κ1) is 33.5. The summed E-state index contributed by atoms with van der Waals surface area (Å²) in [7, 11) is 1.71. The average molecular weight is 586 g/mol. The lowest BCUT2D eigenvalue weighted by molar-refractivity contribution is 0.0934. The molecule has 3 rings (SSSR count). The molecular weight excluding hydrogens is 534 g/mol. The maximum absolute atomic E-state index is 12.7. The van der Waals surface area contributed by atoms with Gasteiger partial charge < -0.3 is 25.3 Å². The minimum Gasteiger partial charge on any atom is -0.492 e. The number of allylic oxidation sites excluding steroid dienone is 3. The smallest absolute Gasteiger partial charge is 0.271 e. The number of nitrogens with one attached hydrogen (secondary N) is 3. The summed E-state index contributed by atoms with van der Waals surface area (Å²) >= 11 is 0. The van der Waals surface area contributed by atoms with Crippen LogP contribution in [0.4, 0.5) is 11.4 Å². The van der Waals surface area contributed by atoms with Gasteiger partial charge in [-0.15, -0.1) is 0 Å². The summed E-state index contributed by atoms with van der Waals surface area (Å²) in [5.74, 6) is 0.585. The number of rotatable bonds is 11. The van der Waals surface area contributed by atoms with Gasteiger partial charge in [-0.3, -0.25) is 4.79 Å². The predicted octanol–water partition coefficient (Wildman–Crippen LogP) is 8.85. The standard InChI is InChI=1S/C36H51N5O2/c1-12-14-25(4)39-29-19-27(36(8,9)10)20-30(33(29)43-11)40-28(15-13-2)26-17-16-24(3)32(18-26)41-21-31(38-23-41)34(42)37-22-35(5,6)7/h14-21,23,39-40H,12-13,22H2,1-11H3,(H,37,42)/b25-14+,28-15-. The fourth-order valence-electron chi connectivity index (χ4n) is 4.69. The molecule has 0 aliphatic rings. The zero-order valence-electron chi connectivity index (χ0n) is 28.0. The number of ether oxygens (including phenoxy) is 1. The molecule has 1 aromatic heterocycles. The first-order valence-electron chi connectivity index (χ1n) is 15.2. The third-order valence-electron chi connectivity index (χ3n) is 7.07. The molecule has 3 N–H and O–H groups in total. The molecule has 3 aromatic rings. The molecule has 0 bridgehead atoms. The summed E-state index contributed by atoms with van der Waals surface area (Å²) in [6.07, 6.45) is 9.65. The van der Waals surface area contributed by atoms with Gasteiger partial charge in [0.1, 0.15) is 12.0 Å². The molecule has 232 valence electrons. The van der Waals surface area contributed by atoms with Gasteiger partial charge in [0.2, 0.25) is 0 Å². The van der Waals surface area contributed by atoms with E-state index < -0.39 is 0 Å². The van der Waals surface area contributed by atoms with Crippen LogP contribution in [0.2, 0.25) is 0 Å². The van der Waals surface area contributed by atoms with E-state index in [0.717, 1.165) is 58.2 Å². The molecule has 0 unspecified atom stereocenters. The Morgan fingerprint density at radius 3 is 2.21 bits per heavy atom. The van der Waals surface area contributed by atoms with E-state index in [2.05, 4.69) is 133 Å². The van der Waals surface area contributed by atoms with E-state index in [0.29, 0.717) is 12.2 Å². The van der Waals surface area contributed by atoms with E-state index in [-0.39, 0.29) is 16.7 Å². The molecule has 43 heavy (non-hydrogen) atoms. The molecule has 0 aliphatic carbocycles. The highest BCUT2D eigenvalue weighted by Gasteiger charge is 2.21. The molecule has 0 saturated carbocycles. The number of imidazole rings is 1. The van der Waals surface area contributed by atoms with Crippen LogP contribution in [-0.4, -0.2) is 29.1 Å². The van der Waals surface area contributed by atoms with E-state index >= 15 is 0 Å². The van der Waals surface area contributed by atoms with Gasteiger partial charge in [-0.1, -0.05) is 79.7 Å². The second kappa shape index (κ2) is 14.0. The lowest BCUT2D eigenvalue weighted by atomic mass is 9.86. The molecule has 0 fully saturated rings. The van der Waals surface area contributed by atoms with Crippen molar-refractivity contribution in [2.24, 2.45) is 5.41 Å². The zero-order valence-corrected chi connectivity index (χ0v) is 28.0. The van der Waals surface area contributed by atoms with Crippen molar-refractivity contribution < 1.29 is 9.53 Å². The zero-order chi connectivity index (χ0) is 31.9. The number of methoxy groups -OCH3 is 1. The quantitative estimate of drug-likeness (QED) is 0.209. The van der Waals surface area contributed by atoms with Crippen molar-refractivity contribution in [2.45, 2.75) is 87.5 Å². The highest BCUT2D eigenvalue weighted by molar-refractivity contribution is 5.92. The van der Waals surface area contributed by atoms with Crippen molar-refractivity contribution in [3.8, 4) is 11.4 Å². The molecule has 0 saturated heterocycles. The number of nitrogens with zero attached hydrogens (tertiary/aromatic N) is 2. The Bertz CT molecular complexity index is 1480. The highest BCUT2D eigenvalue weighted by Crippen LogP contribution is 2.41. The lowest BCUT2D eigenvalue weighted by Gasteiger charge is -2.25. The first-order valence-corrected chi connectivity index (χ1v) is 15.2. The summed E-state index contributed by atoms with van der Waals surface area (Å²) in [6.45, 7) is 21.9. The summed E-state index contributed by atoms with van der Waals surface area (Å²) in [5.41, 5.74) is 8.46. The van der Waals surface area contributed by atoms with Gasteiger partial charge in [0.25, 0.3) is 5.91 Å². The Morgan fingerprint density at radius 2 is 1.63 bits per heavy atom. The van der Waals surface area contributed by atoms with Crippen molar-refractivity contribution >= 4 is 23.0 Å². The third kappa shape index (κ3) is 8.99. The molecule has 0 spiro atoms. The first-order chi connectivity index (χ1) is 20.2. The second-order valence-electron chi connectivity index (χ2n) is 13.3. The summed E-state index contributed by atoms with van der Waals surface area (Å²) in [4.78, 5) is 17.2. The summed E-state index contributed by atoms with van der Waals surface area (Å²) in [5, 5.41) is 10.3. The molecule has 7 nitrogen and oxygen atoms in total. The van der Waals surface area contributed by atoms with E-state index in [4.69, 9.17) is 4.74 Å². The Kier molecular flexibility index (Phi) is 10.9. The summed E-state index contributed by atoms with van der Waals surface area (Å²) < 4.78 is 7.90. The number of carbonyl (C=O) groups excluding carboxylic acids is 1. The van der Waals surface area contributed by atoms with Crippen LogP contribution in [0.3, 0.4) is 0 Å². The summed E-state index contributed by atoms with van der Waals surface area (Å²) in [6, 6.07) is 10.7. The van der Waals surface area contributed by atoms with Crippen molar-refractivity contribution in [1.82, 2.24) is 14.9 Å². The highest BCUT2D eigenvalue weighted by atomic mass is 16.5. The van der Waals surface area contributed by atoms with Crippen LogP contribution in [0.15, 0.2) is 60.7 Å². The molecular formula is C36H51N5O2. The molecule has 1 heterocycles. The van der Waals surface area contributed by atoms with Crippen LogP contribution < -0.4 is 20.7 Å². The van der Waals surface area contributed by atoms with Crippen LogP contribution in [-0.2, 0) is 5.41 Å². The fraction of sp³-hybridized carbons (Fsp3) is 0.444. The van der Waals surface area contributed by atoms with E-state index in [1.807, 2.05) is 4.57 Å². The topological polar surface area (TPSA) is 80.2 Å². The number of anilines is 2. The van der Waals surface area contributed by atoms with Gasteiger partial charge in [-0.2, -0.15) is 0 Å². The van der Waals surface area contributed by atoms with Gasteiger partial charge in [-0.05, 0) is 72.4 Å². The van der Waals surface area contributed by atoms with Crippen LogP contribution in [0.25, 0.3) is 11.4 Å². The number of amides is 1. The van der Waals surface area contributed by atoms with Gasteiger partial charge in [-0.25, -0.2) is 4.98 Å². The molecule has 0 radical (unpaired) electrons. The SMILES string of the molecule is CC/C=C(\Nc1cc(C(C)(C)C)cc(N/C(C)=C/CC)c1OC)c1ccc(C)c(-n2cnc(C(=O)NCC(C)(C)C)c2)c1. The number of aromatic nitrogens is 2. The molecule has 2 aromatic carbocycles. The van der Waals surface area contributed by atoms with E-state index in [9.17, 15) is 4.79 Å². The largest absolute Gasteiger partial charge is 0.492 e. The van der Waals surface area contributed by atoms with Crippen LogP contribution in [0.5, 0.6) is 5.75 Å². The number of benzene rings is 2. The monoisotopic (exact) mass is 585 g/mol. The van der Waals surface area contributed by atoms with Crippen molar-refractivity contribution in [2.75, 3.05) is 24.3 Å². The van der Waals surface area contributed by atoms with Crippen molar-refractivity contribution in [1.29, 1.82) is 0 Å². The van der Waals surface area contributed by atoms with Gasteiger partial charge in [0.15, 0.2) is 5.75 Å². The predicted molar refractivity (Wildman–Crippen MR) is 181 cm³/mol. The third-order valence-corrected chi connectivity index (χ3v) is 7.07. The van der Waals surface area contributed by atoms with Crippen molar-refractivity contribution in [3.63, 3.8) is 0 Å². The van der Waals surface area contributed by atoms with E-state index in [1.54, 1.807) is 19.6 Å². The Hall–Kier alpha value is -4.00. The molecule has 7 heteroatoms. The van der Waals surface area contributed by atoms with Gasteiger partial charge in [0.05, 0.1) is 24.2 Å². The number of carbonyl (C=O) groups is 1. The number of aryl methyl sites for hydroxylation is 1. The maximum Gasteiger partial charge on any atom is 0.271 e. The molecule has 1 amide bonds. The van der Waals surface area contributed by atoms with E-state index in [1.165, 1.54) is 5.56 Å². The normalized spacial score (nSPS) is 12.7. The van der Waals surface area contributed by atoms with Gasteiger partial charge in [0, 0.05) is 24.1 Å². The minimum atomic E-state index is -0.171. The average Bonchev–Trinajstić information content (AvgIpc) is 3.41. The molecule has 0 atom stereocenters.